The number of halogens is 2. The van der Waals surface area contributed by atoms with Crippen LogP contribution in [-0.2, 0) is 9.53 Å². The van der Waals surface area contributed by atoms with Gasteiger partial charge in [-0.2, -0.15) is 0 Å². The summed E-state index contributed by atoms with van der Waals surface area (Å²) in [6.07, 6.45) is 1.16. The van der Waals surface area contributed by atoms with Crippen molar-refractivity contribution in [1.29, 1.82) is 0 Å². The van der Waals surface area contributed by atoms with Crippen LogP contribution in [0.4, 0.5) is 8.78 Å². The SMILES string of the molecule is COC(=O)/C=C\Sc1ccc(F)cc1F. The van der Waals surface area contributed by atoms with Crippen LogP contribution in [0.1, 0.15) is 0 Å². The molecule has 0 heterocycles. The standard InChI is InChI=1S/C10H8F2O2S/c1-14-10(13)4-5-15-9-3-2-7(11)6-8(9)12/h2-6H,1H3/b5-4-. The van der Waals surface area contributed by atoms with E-state index in [1.807, 2.05) is 0 Å². The van der Waals surface area contributed by atoms with Gasteiger partial charge in [0.15, 0.2) is 0 Å². The lowest BCUT2D eigenvalue weighted by Gasteiger charge is -1.98. The topological polar surface area (TPSA) is 26.3 Å². The Labute approximate surface area is 89.9 Å². The van der Waals surface area contributed by atoms with Gasteiger partial charge in [0.2, 0.25) is 0 Å². The van der Waals surface area contributed by atoms with Crippen LogP contribution >= 0.6 is 11.8 Å². The first kappa shape index (κ1) is 11.7. The molecular weight excluding hydrogens is 222 g/mol. The quantitative estimate of drug-likeness (QED) is 0.453. The lowest BCUT2D eigenvalue weighted by molar-refractivity contribution is -0.134. The molecule has 80 valence electrons. The molecule has 0 spiro atoms. The fraction of sp³-hybridized carbons (Fsp3) is 0.100. The van der Waals surface area contributed by atoms with Gasteiger partial charge in [0.1, 0.15) is 11.6 Å². The maximum Gasteiger partial charge on any atom is 0.330 e. The van der Waals surface area contributed by atoms with Gasteiger partial charge in [-0.15, -0.1) is 0 Å². The highest BCUT2D eigenvalue weighted by Gasteiger charge is 2.02. The van der Waals surface area contributed by atoms with E-state index in [0.717, 1.165) is 30.0 Å². The van der Waals surface area contributed by atoms with Crippen molar-refractivity contribution in [2.45, 2.75) is 4.90 Å². The highest BCUT2D eigenvalue weighted by molar-refractivity contribution is 8.02. The molecule has 0 N–H and O–H groups in total. The van der Waals surface area contributed by atoms with Crippen LogP contribution in [0.25, 0.3) is 0 Å². The summed E-state index contributed by atoms with van der Waals surface area (Å²) in [5.41, 5.74) is 0. The first-order valence-electron chi connectivity index (χ1n) is 3.99. The third-order valence-corrected chi connectivity index (χ3v) is 2.35. The molecule has 2 nitrogen and oxygen atoms in total. The van der Waals surface area contributed by atoms with Crippen molar-refractivity contribution in [2.75, 3.05) is 7.11 Å². The fourth-order valence-corrected chi connectivity index (χ4v) is 1.45. The molecule has 0 unspecified atom stereocenters. The van der Waals surface area contributed by atoms with Crippen molar-refractivity contribution < 1.29 is 18.3 Å². The Morgan fingerprint density at radius 1 is 1.47 bits per heavy atom. The summed E-state index contributed by atoms with van der Waals surface area (Å²) in [4.78, 5) is 10.9. The van der Waals surface area contributed by atoms with Gasteiger partial charge >= 0.3 is 5.97 Å². The summed E-state index contributed by atoms with van der Waals surface area (Å²) in [6, 6.07) is 3.24. The van der Waals surface area contributed by atoms with E-state index in [4.69, 9.17) is 0 Å². The molecule has 0 fully saturated rings. The average Bonchev–Trinajstić information content (AvgIpc) is 2.21. The Morgan fingerprint density at radius 2 is 2.20 bits per heavy atom. The summed E-state index contributed by atoms with van der Waals surface area (Å²) in [7, 11) is 1.25. The molecule has 0 aromatic heterocycles. The smallest absolute Gasteiger partial charge is 0.330 e. The van der Waals surface area contributed by atoms with Crippen LogP contribution in [0.2, 0.25) is 0 Å². The van der Waals surface area contributed by atoms with E-state index in [-0.39, 0.29) is 4.90 Å². The van der Waals surface area contributed by atoms with Crippen molar-refractivity contribution in [3.8, 4) is 0 Å². The number of rotatable bonds is 3. The minimum atomic E-state index is -0.658. The van der Waals surface area contributed by atoms with Crippen molar-refractivity contribution in [1.82, 2.24) is 0 Å². The monoisotopic (exact) mass is 230 g/mol. The number of esters is 1. The second kappa shape index (κ2) is 5.50. The van der Waals surface area contributed by atoms with Crippen LogP contribution in [0.15, 0.2) is 34.6 Å². The number of carbonyl (C=O) groups is 1. The average molecular weight is 230 g/mol. The Kier molecular flexibility index (Phi) is 4.30. The Bertz CT molecular complexity index is 391. The van der Waals surface area contributed by atoms with Crippen LogP contribution in [0.5, 0.6) is 0 Å². The van der Waals surface area contributed by atoms with E-state index < -0.39 is 17.6 Å². The van der Waals surface area contributed by atoms with Crippen LogP contribution < -0.4 is 0 Å². The zero-order valence-electron chi connectivity index (χ0n) is 7.87. The van der Waals surface area contributed by atoms with Crippen molar-refractivity contribution >= 4 is 17.7 Å². The lowest BCUT2D eigenvalue weighted by atomic mass is 10.3. The summed E-state index contributed by atoms with van der Waals surface area (Å²) in [6.45, 7) is 0. The third kappa shape index (κ3) is 3.71. The number of benzene rings is 1. The number of carbonyl (C=O) groups excluding carboxylic acids is 1. The van der Waals surface area contributed by atoms with Gasteiger partial charge in [-0.25, -0.2) is 13.6 Å². The molecule has 0 radical (unpaired) electrons. The first-order chi connectivity index (χ1) is 7.13. The van der Waals surface area contributed by atoms with E-state index in [1.54, 1.807) is 0 Å². The van der Waals surface area contributed by atoms with Crippen LogP contribution in [0, 0.1) is 11.6 Å². The highest BCUT2D eigenvalue weighted by Crippen LogP contribution is 2.23. The van der Waals surface area contributed by atoms with Gasteiger partial charge in [-0.05, 0) is 17.5 Å². The van der Waals surface area contributed by atoms with E-state index in [2.05, 4.69) is 4.74 Å². The van der Waals surface area contributed by atoms with E-state index in [1.165, 1.54) is 18.6 Å². The predicted molar refractivity (Wildman–Crippen MR) is 53.4 cm³/mol. The molecule has 1 rings (SSSR count). The number of hydrogen-bond acceptors (Lipinski definition) is 3. The van der Waals surface area contributed by atoms with Crippen molar-refractivity contribution in [3.05, 3.63) is 41.3 Å². The minimum absolute atomic E-state index is 0.247. The van der Waals surface area contributed by atoms with Crippen molar-refractivity contribution in [2.24, 2.45) is 0 Å². The molecule has 0 bridgehead atoms. The third-order valence-electron chi connectivity index (χ3n) is 1.49. The van der Waals surface area contributed by atoms with Gasteiger partial charge in [-0.1, -0.05) is 11.8 Å². The summed E-state index contributed by atoms with van der Waals surface area (Å²) in [5, 5.41) is 1.38. The number of ether oxygens (including phenoxy) is 1. The van der Waals surface area contributed by atoms with E-state index in [0.29, 0.717) is 0 Å². The van der Waals surface area contributed by atoms with Crippen molar-refractivity contribution in [3.63, 3.8) is 0 Å². The molecule has 0 saturated carbocycles. The molecule has 0 atom stereocenters. The van der Waals surface area contributed by atoms with Gasteiger partial charge in [-0.3, -0.25) is 0 Å². The molecule has 0 aliphatic carbocycles. The largest absolute Gasteiger partial charge is 0.466 e. The maximum absolute atomic E-state index is 13.0. The molecular formula is C10H8F2O2S. The van der Waals surface area contributed by atoms with E-state index in [9.17, 15) is 13.6 Å². The second-order valence-electron chi connectivity index (χ2n) is 2.52. The zero-order chi connectivity index (χ0) is 11.3. The molecule has 1 aromatic rings. The Hall–Kier alpha value is -1.36. The molecule has 0 aliphatic heterocycles. The zero-order valence-corrected chi connectivity index (χ0v) is 8.68. The molecule has 5 heteroatoms. The molecule has 1 aromatic carbocycles. The molecule has 0 saturated heterocycles. The number of hydrogen-bond donors (Lipinski definition) is 0. The molecule has 15 heavy (non-hydrogen) atoms. The summed E-state index contributed by atoms with van der Waals surface area (Å²) >= 11 is 0.976. The lowest BCUT2D eigenvalue weighted by Crippen LogP contribution is -1.92. The Balaban J connectivity index is 2.65. The summed E-state index contributed by atoms with van der Waals surface area (Å²) in [5.74, 6) is -1.81. The first-order valence-corrected chi connectivity index (χ1v) is 4.87. The number of thioether (sulfide) groups is 1. The molecule has 0 amide bonds. The van der Waals surface area contributed by atoms with Crippen LogP contribution in [-0.4, -0.2) is 13.1 Å². The Morgan fingerprint density at radius 3 is 2.80 bits per heavy atom. The number of methoxy groups -OCH3 is 1. The highest BCUT2D eigenvalue weighted by atomic mass is 32.2. The maximum atomic E-state index is 13.0. The predicted octanol–water partition coefficient (Wildman–Crippen LogP) is 2.74. The van der Waals surface area contributed by atoms with Gasteiger partial charge in [0.05, 0.1) is 7.11 Å². The summed E-state index contributed by atoms with van der Waals surface area (Å²) < 4.78 is 29.9. The molecule has 0 aliphatic rings. The second-order valence-corrected chi connectivity index (χ2v) is 3.47. The minimum Gasteiger partial charge on any atom is -0.466 e. The van der Waals surface area contributed by atoms with Gasteiger partial charge in [0, 0.05) is 17.0 Å². The van der Waals surface area contributed by atoms with Gasteiger partial charge < -0.3 is 4.74 Å². The fourth-order valence-electron chi connectivity index (χ4n) is 0.802. The van der Waals surface area contributed by atoms with Crippen LogP contribution in [0.3, 0.4) is 0 Å². The van der Waals surface area contributed by atoms with E-state index >= 15 is 0 Å². The normalized spacial score (nSPS) is 10.6. The van der Waals surface area contributed by atoms with Gasteiger partial charge in [0.25, 0.3) is 0 Å².